The molecule has 0 aromatic carbocycles. The highest BCUT2D eigenvalue weighted by Crippen LogP contribution is 2.32. The number of nitrogens with one attached hydrogen (secondary N) is 1. The van der Waals surface area contributed by atoms with Crippen LogP contribution >= 0.6 is 0 Å². The quantitative estimate of drug-likeness (QED) is 0.871. The van der Waals surface area contributed by atoms with Gasteiger partial charge in [-0.25, -0.2) is 4.79 Å². The Labute approximate surface area is 120 Å². The zero-order chi connectivity index (χ0) is 15.6. The Morgan fingerprint density at radius 2 is 2.10 bits per heavy atom. The summed E-state index contributed by atoms with van der Waals surface area (Å²) in [7, 11) is 0. The second-order valence-electron chi connectivity index (χ2n) is 4.99. The first-order valence-corrected chi connectivity index (χ1v) is 6.91. The van der Waals surface area contributed by atoms with Crippen molar-refractivity contribution in [2.24, 2.45) is 0 Å². The molecule has 0 aliphatic carbocycles. The van der Waals surface area contributed by atoms with E-state index in [-0.39, 0.29) is 24.9 Å². The first-order valence-electron chi connectivity index (χ1n) is 6.91. The van der Waals surface area contributed by atoms with Gasteiger partial charge in [-0.05, 0) is 13.3 Å². The summed E-state index contributed by atoms with van der Waals surface area (Å²) in [6.45, 7) is 4.46. The third kappa shape index (κ3) is 3.11. The molecule has 21 heavy (non-hydrogen) atoms. The molecule has 118 valence electrons. The molecule has 1 unspecified atom stereocenters. The van der Waals surface area contributed by atoms with Crippen molar-refractivity contribution >= 4 is 6.03 Å². The molecule has 0 saturated heterocycles. The fourth-order valence-electron chi connectivity index (χ4n) is 2.35. The van der Waals surface area contributed by atoms with Crippen LogP contribution in [-0.4, -0.2) is 38.8 Å². The second-order valence-corrected chi connectivity index (χ2v) is 4.99. The molecule has 1 aliphatic rings. The lowest BCUT2D eigenvalue weighted by molar-refractivity contribution is -0.148. The van der Waals surface area contributed by atoms with Gasteiger partial charge < -0.3 is 14.8 Å². The number of nitrogens with zero attached hydrogens (tertiary/aromatic N) is 4. The summed E-state index contributed by atoms with van der Waals surface area (Å²) >= 11 is 0. The van der Waals surface area contributed by atoms with E-state index in [9.17, 15) is 18.0 Å². The van der Waals surface area contributed by atoms with Crippen LogP contribution in [0.4, 0.5) is 18.0 Å². The summed E-state index contributed by atoms with van der Waals surface area (Å²) in [5, 5.41) is 9.58. The summed E-state index contributed by atoms with van der Waals surface area (Å²) in [6.07, 6.45) is -2.71. The van der Waals surface area contributed by atoms with Gasteiger partial charge in [0.1, 0.15) is 0 Å². The molecule has 1 aliphatic heterocycles. The van der Waals surface area contributed by atoms with Crippen molar-refractivity contribution < 1.29 is 18.0 Å². The van der Waals surface area contributed by atoms with E-state index < -0.39 is 18.0 Å². The van der Waals surface area contributed by atoms with Crippen molar-refractivity contribution in [2.75, 3.05) is 13.1 Å². The van der Waals surface area contributed by atoms with Gasteiger partial charge >= 0.3 is 12.2 Å². The Kier molecular flexibility index (Phi) is 4.38. The minimum absolute atomic E-state index is 0.0444. The number of fused-ring (bicyclic) bond motifs is 1. The van der Waals surface area contributed by atoms with E-state index >= 15 is 0 Å². The van der Waals surface area contributed by atoms with Crippen LogP contribution < -0.4 is 5.32 Å². The molecule has 1 aromatic heterocycles. The SMILES string of the molecule is CCCCNC(=O)N1CCn2c(nnc2C(F)(F)F)C1C. The van der Waals surface area contributed by atoms with Crippen molar-refractivity contribution in [2.45, 2.75) is 45.5 Å². The Hall–Kier alpha value is -1.80. The van der Waals surface area contributed by atoms with Gasteiger partial charge in [0.05, 0.1) is 6.04 Å². The third-order valence-electron chi connectivity index (χ3n) is 3.51. The van der Waals surface area contributed by atoms with Crippen LogP contribution in [0.25, 0.3) is 0 Å². The number of hydrogen-bond donors (Lipinski definition) is 1. The van der Waals surface area contributed by atoms with Crippen molar-refractivity contribution in [3.8, 4) is 0 Å². The van der Waals surface area contributed by atoms with Gasteiger partial charge in [0.25, 0.3) is 0 Å². The molecular weight excluding hydrogens is 287 g/mol. The average molecular weight is 305 g/mol. The summed E-state index contributed by atoms with van der Waals surface area (Å²) in [5.74, 6) is -0.838. The first-order chi connectivity index (χ1) is 9.86. The number of rotatable bonds is 3. The molecule has 2 amide bonds. The van der Waals surface area contributed by atoms with Crippen molar-refractivity contribution in [3.05, 3.63) is 11.6 Å². The minimum Gasteiger partial charge on any atom is -0.338 e. The number of hydrogen-bond acceptors (Lipinski definition) is 3. The number of carbonyl (C=O) groups is 1. The second kappa shape index (κ2) is 5.90. The number of unbranched alkanes of at least 4 members (excludes halogenated alkanes) is 1. The third-order valence-corrected chi connectivity index (χ3v) is 3.51. The maximum Gasteiger partial charge on any atom is 0.451 e. The molecule has 9 heteroatoms. The zero-order valence-corrected chi connectivity index (χ0v) is 11.9. The first kappa shape index (κ1) is 15.6. The molecular formula is C12H18F3N5O. The number of urea groups is 1. The molecule has 1 atom stereocenters. The van der Waals surface area contributed by atoms with Crippen LogP contribution in [0.3, 0.4) is 0 Å². The normalized spacial score (nSPS) is 18.5. The standard InChI is InChI=1S/C12H18F3N5O/c1-3-4-5-16-11(21)19-6-7-20-9(8(19)2)17-18-10(20)12(13,14)15/h8H,3-7H2,1-2H3,(H,16,21). The Morgan fingerprint density at radius 1 is 1.38 bits per heavy atom. The fourth-order valence-corrected chi connectivity index (χ4v) is 2.35. The van der Waals surface area contributed by atoms with Gasteiger partial charge in [0.2, 0.25) is 5.82 Å². The zero-order valence-electron chi connectivity index (χ0n) is 11.9. The lowest BCUT2D eigenvalue weighted by atomic mass is 10.2. The summed E-state index contributed by atoms with van der Waals surface area (Å²) < 4.78 is 39.4. The highest BCUT2D eigenvalue weighted by Gasteiger charge is 2.41. The molecule has 2 heterocycles. The van der Waals surface area contributed by atoms with Crippen LogP contribution in [0.1, 0.15) is 44.4 Å². The molecule has 0 spiro atoms. The predicted molar refractivity (Wildman–Crippen MR) is 68.5 cm³/mol. The van der Waals surface area contributed by atoms with Crippen LogP contribution in [-0.2, 0) is 12.7 Å². The summed E-state index contributed by atoms with van der Waals surface area (Å²) in [6, 6.07) is -0.817. The molecule has 0 radical (unpaired) electrons. The molecule has 1 N–H and O–H groups in total. The number of alkyl halides is 3. The largest absolute Gasteiger partial charge is 0.451 e. The minimum atomic E-state index is -4.53. The van der Waals surface area contributed by atoms with Gasteiger partial charge in [-0.3, -0.25) is 0 Å². The highest BCUT2D eigenvalue weighted by atomic mass is 19.4. The molecule has 0 bridgehead atoms. The number of carbonyl (C=O) groups excluding carboxylic acids is 1. The molecule has 0 fully saturated rings. The van der Waals surface area contributed by atoms with E-state index in [1.807, 2.05) is 6.92 Å². The Morgan fingerprint density at radius 3 is 2.71 bits per heavy atom. The number of halogens is 3. The van der Waals surface area contributed by atoms with E-state index in [1.165, 1.54) is 4.90 Å². The maximum atomic E-state index is 12.8. The van der Waals surface area contributed by atoms with Gasteiger partial charge in [-0.15, -0.1) is 10.2 Å². The van der Waals surface area contributed by atoms with E-state index in [0.29, 0.717) is 6.54 Å². The Bertz CT molecular complexity index is 513. The van der Waals surface area contributed by atoms with E-state index in [2.05, 4.69) is 15.5 Å². The monoisotopic (exact) mass is 305 g/mol. The van der Waals surface area contributed by atoms with Crippen molar-refractivity contribution in [1.29, 1.82) is 0 Å². The fraction of sp³-hybridized carbons (Fsp3) is 0.750. The molecule has 1 aromatic rings. The average Bonchev–Trinajstić information content (AvgIpc) is 2.84. The van der Waals surface area contributed by atoms with Gasteiger partial charge in [0.15, 0.2) is 5.82 Å². The van der Waals surface area contributed by atoms with Crippen LogP contribution in [0, 0.1) is 0 Å². The van der Waals surface area contributed by atoms with Crippen LogP contribution in [0.2, 0.25) is 0 Å². The maximum absolute atomic E-state index is 12.8. The lowest BCUT2D eigenvalue weighted by Gasteiger charge is -2.33. The van der Waals surface area contributed by atoms with Crippen LogP contribution in [0.5, 0.6) is 0 Å². The molecule has 2 rings (SSSR count). The van der Waals surface area contributed by atoms with E-state index in [1.54, 1.807) is 6.92 Å². The van der Waals surface area contributed by atoms with Crippen molar-refractivity contribution in [3.63, 3.8) is 0 Å². The smallest absolute Gasteiger partial charge is 0.338 e. The molecule has 6 nitrogen and oxygen atoms in total. The predicted octanol–water partition coefficient (Wildman–Crippen LogP) is 2.18. The number of amides is 2. The van der Waals surface area contributed by atoms with E-state index in [0.717, 1.165) is 17.4 Å². The molecule has 0 saturated carbocycles. The summed E-state index contributed by atoms with van der Waals surface area (Å²) in [4.78, 5) is 13.5. The Balaban J connectivity index is 2.12. The van der Waals surface area contributed by atoms with Gasteiger partial charge in [-0.2, -0.15) is 13.2 Å². The number of aromatic nitrogens is 3. The highest BCUT2D eigenvalue weighted by molar-refractivity contribution is 5.74. The van der Waals surface area contributed by atoms with Crippen LogP contribution in [0.15, 0.2) is 0 Å². The van der Waals surface area contributed by atoms with Gasteiger partial charge in [-0.1, -0.05) is 13.3 Å². The van der Waals surface area contributed by atoms with Crippen molar-refractivity contribution in [1.82, 2.24) is 25.0 Å². The topological polar surface area (TPSA) is 63.1 Å². The van der Waals surface area contributed by atoms with E-state index in [4.69, 9.17) is 0 Å². The van der Waals surface area contributed by atoms with Gasteiger partial charge in [0, 0.05) is 19.6 Å². The summed E-state index contributed by atoms with van der Waals surface area (Å²) in [5.41, 5.74) is 0. The lowest BCUT2D eigenvalue weighted by Crippen LogP contribution is -2.47.